The molecule has 0 saturated heterocycles. The predicted molar refractivity (Wildman–Crippen MR) is 112 cm³/mol. The lowest BCUT2D eigenvalue weighted by Gasteiger charge is -2.11. The Labute approximate surface area is 183 Å². The van der Waals surface area contributed by atoms with E-state index in [0.717, 1.165) is 24.2 Å². The minimum atomic E-state index is -0.730. The summed E-state index contributed by atoms with van der Waals surface area (Å²) in [5.41, 5.74) is 3.39. The van der Waals surface area contributed by atoms with E-state index < -0.39 is 24.4 Å². The SMILES string of the molecule is O=C(COC(=O)c1ccc2c(c1)C(=O)N(Cc1ccco1)C2=O)c1ccc2c(c1)CCC2. The number of imide groups is 1. The van der Waals surface area contributed by atoms with E-state index in [2.05, 4.69) is 0 Å². The molecule has 0 atom stereocenters. The summed E-state index contributed by atoms with van der Waals surface area (Å²) in [4.78, 5) is 51.3. The molecule has 2 heterocycles. The molecular weight excluding hydrogens is 410 g/mol. The summed E-state index contributed by atoms with van der Waals surface area (Å²) in [5.74, 6) is -1.50. The van der Waals surface area contributed by atoms with Crippen molar-refractivity contribution < 1.29 is 28.3 Å². The van der Waals surface area contributed by atoms with Crippen molar-refractivity contribution in [1.29, 1.82) is 0 Å². The Morgan fingerprint density at radius 1 is 0.906 bits per heavy atom. The van der Waals surface area contributed by atoms with Gasteiger partial charge in [-0.25, -0.2) is 4.79 Å². The molecule has 32 heavy (non-hydrogen) atoms. The fourth-order valence-corrected chi connectivity index (χ4v) is 4.16. The van der Waals surface area contributed by atoms with Crippen LogP contribution in [0, 0.1) is 0 Å². The molecule has 2 aromatic carbocycles. The van der Waals surface area contributed by atoms with Gasteiger partial charge in [-0.15, -0.1) is 0 Å². The summed E-state index contributed by atoms with van der Waals surface area (Å²) < 4.78 is 10.4. The van der Waals surface area contributed by atoms with Crippen LogP contribution in [0.1, 0.15) is 64.7 Å². The Bertz CT molecular complexity index is 1260. The highest BCUT2D eigenvalue weighted by molar-refractivity contribution is 6.21. The number of amides is 2. The van der Waals surface area contributed by atoms with Crippen molar-refractivity contribution in [3.8, 4) is 0 Å². The molecule has 0 unspecified atom stereocenters. The minimum absolute atomic E-state index is 0.00834. The quantitative estimate of drug-likeness (QED) is 0.338. The molecule has 7 heteroatoms. The van der Waals surface area contributed by atoms with Crippen LogP contribution in [-0.4, -0.2) is 35.1 Å². The molecule has 7 nitrogen and oxygen atoms in total. The summed E-state index contributed by atoms with van der Waals surface area (Å²) >= 11 is 0. The number of rotatable bonds is 6. The maximum absolute atomic E-state index is 12.7. The van der Waals surface area contributed by atoms with Crippen molar-refractivity contribution in [3.63, 3.8) is 0 Å². The lowest BCUT2D eigenvalue weighted by molar-refractivity contribution is 0.0474. The Kier molecular flexibility index (Phi) is 4.93. The molecule has 3 aromatic rings. The number of fused-ring (bicyclic) bond motifs is 2. The van der Waals surface area contributed by atoms with Gasteiger partial charge in [0.2, 0.25) is 0 Å². The van der Waals surface area contributed by atoms with Crippen LogP contribution in [-0.2, 0) is 24.1 Å². The van der Waals surface area contributed by atoms with E-state index in [0.29, 0.717) is 11.3 Å². The van der Waals surface area contributed by atoms with E-state index in [4.69, 9.17) is 9.15 Å². The van der Waals surface area contributed by atoms with Crippen molar-refractivity contribution in [1.82, 2.24) is 4.90 Å². The van der Waals surface area contributed by atoms with Crippen molar-refractivity contribution in [2.75, 3.05) is 6.61 Å². The third-order valence-electron chi connectivity index (χ3n) is 5.86. The number of hydrogen-bond donors (Lipinski definition) is 0. The highest BCUT2D eigenvalue weighted by Crippen LogP contribution is 2.26. The van der Waals surface area contributed by atoms with E-state index in [1.54, 1.807) is 18.2 Å². The summed E-state index contributed by atoms with van der Waals surface area (Å²) in [6.07, 6.45) is 4.53. The number of hydrogen-bond acceptors (Lipinski definition) is 6. The number of esters is 1. The average Bonchev–Trinajstić information content (AvgIpc) is 3.54. The van der Waals surface area contributed by atoms with Crippen LogP contribution in [0.25, 0.3) is 0 Å². The molecule has 0 N–H and O–H groups in total. The highest BCUT2D eigenvalue weighted by Gasteiger charge is 2.36. The second kappa shape index (κ2) is 7.92. The van der Waals surface area contributed by atoms with Gasteiger partial charge in [-0.3, -0.25) is 19.3 Å². The molecular formula is C25H19NO6. The van der Waals surface area contributed by atoms with Crippen molar-refractivity contribution >= 4 is 23.6 Å². The normalized spacial score (nSPS) is 14.4. The van der Waals surface area contributed by atoms with Crippen molar-refractivity contribution in [2.24, 2.45) is 0 Å². The summed E-state index contributed by atoms with van der Waals surface area (Å²) in [5, 5.41) is 0. The number of benzene rings is 2. The first-order chi connectivity index (χ1) is 15.5. The summed E-state index contributed by atoms with van der Waals surface area (Å²) in [7, 11) is 0. The van der Waals surface area contributed by atoms with Crippen LogP contribution in [0.4, 0.5) is 0 Å². The molecule has 1 aromatic heterocycles. The Morgan fingerprint density at radius 3 is 2.50 bits per heavy atom. The van der Waals surface area contributed by atoms with E-state index in [-0.39, 0.29) is 29.0 Å². The molecule has 2 aliphatic rings. The second-order valence-electron chi connectivity index (χ2n) is 7.87. The van der Waals surface area contributed by atoms with Gasteiger partial charge < -0.3 is 9.15 Å². The maximum Gasteiger partial charge on any atom is 0.338 e. The largest absolute Gasteiger partial charge is 0.467 e. The van der Waals surface area contributed by atoms with Crippen LogP contribution in [0.15, 0.2) is 59.2 Å². The molecule has 0 bridgehead atoms. The first-order valence-electron chi connectivity index (χ1n) is 10.4. The zero-order valence-electron chi connectivity index (χ0n) is 17.1. The number of carbonyl (C=O) groups excluding carboxylic acids is 4. The molecule has 2 amide bonds. The second-order valence-corrected chi connectivity index (χ2v) is 7.87. The Hall–Kier alpha value is -4.00. The standard InChI is InChI=1S/C25H19NO6/c27-22(17-7-6-15-3-1-4-16(15)11-17)14-32-25(30)18-8-9-20-21(12-18)24(29)26(23(20)28)13-19-5-2-10-31-19/h2,5-12H,1,3-4,13-14H2. The first kappa shape index (κ1) is 19.9. The van der Waals surface area contributed by atoms with Gasteiger partial charge in [-0.05, 0) is 66.8 Å². The number of furan rings is 1. The molecule has 1 aliphatic heterocycles. The summed E-state index contributed by atoms with van der Waals surface area (Å²) in [6.45, 7) is -0.388. The maximum atomic E-state index is 12.7. The number of ketones is 1. The van der Waals surface area contributed by atoms with E-state index >= 15 is 0 Å². The van der Waals surface area contributed by atoms with Crippen LogP contribution in [0.3, 0.4) is 0 Å². The monoisotopic (exact) mass is 429 g/mol. The van der Waals surface area contributed by atoms with E-state index in [1.165, 1.54) is 35.6 Å². The van der Waals surface area contributed by atoms with Crippen LogP contribution < -0.4 is 0 Å². The number of carbonyl (C=O) groups is 4. The minimum Gasteiger partial charge on any atom is -0.467 e. The summed E-state index contributed by atoms with van der Waals surface area (Å²) in [6, 6.07) is 13.1. The van der Waals surface area contributed by atoms with Crippen LogP contribution >= 0.6 is 0 Å². The van der Waals surface area contributed by atoms with Gasteiger partial charge in [0.15, 0.2) is 12.4 Å². The first-order valence-corrected chi connectivity index (χ1v) is 10.4. The fourth-order valence-electron chi connectivity index (χ4n) is 4.16. The highest BCUT2D eigenvalue weighted by atomic mass is 16.5. The van der Waals surface area contributed by atoms with Gasteiger partial charge in [0.25, 0.3) is 11.8 Å². The molecule has 0 saturated carbocycles. The van der Waals surface area contributed by atoms with E-state index in [9.17, 15) is 19.2 Å². The Morgan fingerprint density at radius 2 is 1.69 bits per heavy atom. The number of aryl methyl sites for hydroxylation is 2. The topological polar surface area (TPSA) is 93.9 Å². The smallest absolute Gasteiger partial charge is 0.338 e. The van der Waals surface area contributed by atoms with E-state index in [1.807, 2.05) is 12.1 Å². The van der Waals surface area contributed by atoms with Gasteiger partial charge in [0.05, 0.1) is 29.5 Å². The van der Waals surface area contributed by atoms with Crippen molar-refractivity contribution in [2.45, 2.75) is 25.8 Å². The fraction of sp³-hybridized carbons (Fsp3) is 0.200. The number of Topliss-reactive ketones (excluding diaryl/α,β-unsaturated/α-hetero) is 1. The van der Waals surface area contributed by atoms with Crippen LogP contribution in [0.2, 0.25) is 0 Å². The zero-order chi connectivity index (χ0) is 22.2. The molecule has 0 spiro atoms. The lowest BCUT2D eigenvalue weighted by atomic mass is 10.0. The lowest BCUT2D eigenvalue weighted by Crippen LogP contribution is -2.28. The Balaban J connectivity index is 1.27. The van der Waals surface area contributed by atoms with Gasteiger partial charge in [-0.1, -0.05) is 12.1 Å². The molecule has 160 valence electrons. The van der Waals surface area contributed by atoms with Gasteiger partial charge in [0.1, 0.15) is 5.76 Å². The number of nitrogens with zero attached hydrogens (tertiary/aromatic N) is 1. The van der Waals surface area contributed by atoms with Gasteiger partial charge in [-0.2, -0.15) is 0 Å². The predicted octanol–water partition coefficient (Wildman–Crippen LogP) is 3.60. The molecule has 1 aliphatic carbocycles. The molecule has 0 fully saturated rings. The van der Waals surface area contributed by atoms with Crippen LogP contribution in [0.5, 0.6) is 0 Å². The third kappa shape index (κ3) is 3.51. The third-order valence-corrected chi connectivity index (χ3v) is 5.86. The zero-order valence-corrected chi connectivity index (χ0v) is 17.1. The number of ether oxygens (including phenoxy) is 1. The molecule has 0 radical (unpaired) electrons. The van der Waals surface area contributed by atoms with Gasteiger partial charge in [0, 0.05) is 5.56 Å². The van der Waals surface area contributed by atoms with Gasteiger partial charge >= 0.3 is 5.97 Å². The average molecular weight is 429 g/mol. The molecule has 5 rings (SSSR count). The van der Waals surface area contributed by atoms with Crippen molar-refractivity contribution in [3.05, 3.63) is 93.9 Å².